The lowest BCUT2D eigenvalue weighted by Crippen LogP contribution is -2.18. The van der Waals surface area contributed by atoms with Crippen molar-refractivity contribution in [2.24, 2.45) is 5.41 Å². The van der Waals surface area contributed by atoms with Crippen molar-refractivity contribution in [3.8, 4) is 12.1 Å². The van der Waals surface area contributed by atoms with Crippen LogP contribution in [0.25, 0.3) is 0 Å². The highest BCUT2D eigenvalue weighted by molar-refractivity contribution is 6.17. The molecule has 0 rings (SSSR count). The molecule has 0 spiro atoms. The molecule has 0 aliphatic heterocycles. The smallest absolute Gasteiger partial charge is 0.0690 e. The number of nitriles is 2. The second-order valence-electron chi connectivity index (χ2n) is 4.30. The predicted molar refractivity (Wildman–Crippen MR) is 67.0 cm³/mol. The van der Waals surface area contributed by atoms with E-state index in [1.54, 1.807) is 0 Å². The van der Waals surface area contributed by atoms with E-state index in [4.69, 9.17) is 16.9 Å². The molecule has 90 valence electrons. The molecule has 0 amide bonds. The minimum absolute atomic E-state index is 0.267. The largest absolute Gasteiger partial charge is 0.198 e. The lowest BCUT2D eigenvalue weighted by atomic mass is 9.76. The van der Waals surface area contributed by atoms with Gasteiger partial charge in [-0.3, -0.25) is 0 Å². The summed E-state index contributed by atoms with van der Waals surface area (Å²) < 4.78 is 0. The van der Waals surface area contributed by atoms with E-state index in [2.05, 4.69) is 19.1 Å². The molecule has 0 N–H and O–H groups in total. The highest BCUT2D eigenvalue weighted by atomic mass is 35.5. The summed E-state index contributed by atoms with van der Waals surface area (Å²) in [5.41, 5.74) is -0.267. The SMILES string of the molecule is CCCC(C#N)(CCC#N)CCCCCCl. The zero-order valence-corrected chi connectivity index (χ0v) is 10.9. The van der Waals surface area contributed by atoms with Crippen molar-refractivity contribution in [3.63, 3.8) is 0 Å². The summed E-state index contributed by atoms with van der Waals surface area (Å²) in [7, 11) is 0. The van der Waals surface area contributed by atoms with Crippen molar-refractivity contribution < 1.29 is 0 Å². The molecule has 16 heavy (non-hydrogen) atoms. The fourth-order valence-electron chi connectivity index (χ4n) is 2.05. The Morgan fingerprint density at radius 3 is 2.31 bits per heavy atom. The number of unbranched alkanes of at least 4 members (excludes halogenated alkanes) is 2. The molecule has 0 aliphatic carbocycles. The van der Waals surface area contributed by atoms with E-state index in [-0.39, 0.29) is 5.41 Å². The van der Waals surface area contributed by atoms with E-state index >= 15 is 0 Å². The number of hydrogen-bond donors (Lipinski definition) is 0. The Morgan fingerprint density at radius 1 is 1.06 bits per heavy atom. The van der Waals surface area contributed by atoms with Gasteiger partial charge in [0.1, 0.15) is 0 Å². The third kappa shape index (κ3) is 5.99. The summed E-state index contributed by atoms with van der Waals surface area (Å²) in [6.45, 7) is 2.09. The molecule has 0 aromatic carbocycles. The molecule has 0 heterocycles. The van der Waals surface area contributed by atoms with Crippen LogP contribution in [0.3, 0.4) is 0 Å². The Labute approximate surface area is 104 Å². The Balaban J connectivity index is 4.17. The van der Waals surface area contributed by atoms with Crippen LogP contribution in [0.15, 0.2) is 0 Å². The quantitative estimate of drug-likeness (QED) is 0.443. The summed E-state index contributed by atoms with van der Waals surface area (Å²) in [4.78, 5) is 0. The van der Waals surface area contributed by atoms with Gasteiger partial charge in [0.15, 0.2) is 0 Å². The van der Waals surface area contributed by atoms with Crippen LogP contribution in [0.5, 0.6) is 0 Å². The molecule has 0 saturated carbocycles. The van der Waals surface area contributed by atoms with E-state index in [0.29, 0.717) is 18.7 Å². The summed E-state index contributed by atoms with van der Waals surface area (Å²) in [6, 6.07) is 4.59. The lowest BCUT2D eigenvalue weighted by molar-refractivity contribution is 0.298. The van der Waals surface area contributed by atoms with Crippen LogP contribution >= 0.6 is 11.6 Å². The first-order valence-corrected chi connectivity index (χ1v) is 6.62. The normalized spacial score (nSPS) is 13.8. The summed E-state index contributed by atoms with van der Waals surface area (Å²) >= 11 is 5.62. The van der Waals surface area contributed by atoms with Crippen molar-refractivity contribution in [1.82, 2.24) is 0 Å². The highest BCUT2D eigenvalue weighted by Gasteiger charge is 2.27. The van der Waals surface area contributed by atoms with E-state index < -0.39 is 0 Å². The molecule has 0 aromatic rings. The first-order chi connectivity index (χ1) is 7.74. The first-order valence-electron chi connectivity index (χ1n) is 6.09. The van der Waals surface area contributed by atoms with E-state index in [1.165, 1.54) is 0 Å². The maximum atomic E-state index is 9.31. The van der Waals surface area contributed by atoms with Crippen LogP contribution in [-0.4, -0.2) is 5.88 Å². The summed E-state index contributed by atoms with van der Waals surface area (Å²) in [5, 5.41) is 17.9. The van der Waals surface area contributed by atoms with Gasteiger partial charge in [-0.25, -0.2) is 0 Å². The van der Waals surface area contributed by atoms with Gasteiger partial charge in [0.2, 0.25) is 0 Å². The molecule has 0 bridgehead atoms. The molecule has 2 nitrogen and oxygen atoms in total. The average molecular weight is 241 g/mol. The van der Waals surface area contributed by atoms with Crippen molar-refractivity contribution in [3.05, 3.63) is 0 Å². The van der Waals surface area contributed by atoms with Crippen LogP contribution in [0.1, 0.15) is 58.3 Å². The molecular formula is C13H21ClN2. The van der Waals surface area contributed by atoms with Crippen molar-refractivity contribution in [2.75, 3.05) is 5.88 Å². The van der Waals surface area contributed by atoms with Crippen molar-refractivity contribution >= 4 is 11.6 Å². The van der Waals surface area contributed by atoms with Gasteiger partial charge in [0.25, 0.3) is 0 Å². The molecular weight excluding hydrogens is 220 g/mol. The van der Waals surface area contributed by atoms with Gasteiger partial charge in [-0.15, -0.1) is 11.6 Å². The molecule has 1 unspecified atom stereocenters. The molecule has 0 radical (unpaired) electrons. The van der Waals surface area contributed by atoms with Gasteiger partial charge in [-0.2, -0.15) is 10.5 Å². The average Bonchev–Trinajstić information content (AvgIpc) is 2.31. The zero-order valence-electron chi connectivity index (χ0n) is 10.1. The van der Waals surface area contributed by atoms with Crippen LogP contribution < -0.4 is 0 Å². The molecule has 0 fully saturated rings. The second-order valence-corrected chi connectivity index (χ2v) is 4.68. The zero-order chi connectivity index (χ0) is 12.3. The monoisotopic (exact) mass is 240 g/mol. The molecule has 1 atom stereocenters. The Bertz CT molecular complexity index is 252. The van der Waals surface area contributed by atoms with Crippen LogP contribution in [0.2, 0.25) is 0 Å². The lowest BCUT2D eigenvalue weighted by Gasteiger charge is -2.25. The number of alkyl halides is 1. The Hall–Kier alpha value is -0.730. The van der Waals surface area contributed by atoms with Gasteiger partial charge in [0.05, 0.1) is 17.6 Å². The fraction of sp³-hybridized carbons (Fsp3) is 0.846. The Morgan fingerprint density at radius 2 is 1.81 bits per heavy atom. The molecule has 0 aliphatic rings. The van der Waals surface area contributed by atoms with Gasteiger partial charge >= 0.3 is 0 Å². The fourth-order valence-corrected chi connectivity index (χ4v) is 2.24. The van der Waals surface area contributed by atoms with Gasteiger partial charge in [-0.05, 0) is 25.7 Å². The number of nitrogens with zero attached hydrogens (tertiary/aromatic N) is 2. The van der Waals surface area contributed by atoms with E-state index in [9.17, 15) is 5.26 Å². The third-order valence-electron chi connectivity index (χ3n) is 2.97. The maximum Gasteiger partial charge on any atom is 0.0690 e. The summed E-state index contributed by atoms with van der Waals surface area (Å²) in [6.07, 6.45) is 7.19. The minimum atomic E-state index is -0.267. The summed E-state index contributed by atoms with van der Waals surface area (Å²) in [5.74, 6) is 0.700. The topological polar surface area (TPSA) is 47.6 Å². The number of rotatable bonds is 9. The van der Waals surface area contributed by atoms with E-state index in [0.717, 1.165) is 38.5 Å². The minimum Gasteiger partial charge on any atom is -0.198 e. The van der Waals surface area contributed by atoms with E-state index in [1.807, 2.05) is 0 Å². The molecule has 0 aromatic heterocycles. The standard InChI is InChI=1S/C13H21ClN2/c1-2-7-13(12-16,9-6-11-15)8-4-3-5-10-14/h2-10H2,1H3. The molecule has 3 heteroatoms. The van der Waals surface area contributed by atoms with Crippen molar-refractivity contribution in [2.45, 2.75) is 58.3 Å². The van der Waals surface area contributed by atoms with Gasteiger partial charge < -0.3 is 0 Å². The number of halogens is 1. The molecule has 0 saturated heterocycles. The van der Waals surface area contributed by atoms with Crippen LogP contribution in [0.4, 0.5) is 0 Å². The Kier molecular flexibility index (Phi) is 9.06. The highest BCUT2D eigenvalue weighted by Crippen LogP contribution is 2.34. The van der Waals surface area contributed by atoms with Crippen LogP contribution in [0, 0.1) is 28.1 Å². The maximum absolute atomic E-state index is 9.31. The number of hydrogen-bond acceptors (Lipinski definition) is 2. The second kappa shape index (κ2) is 9.49. The van der Waals surface area contributed by atoms with Crippen molar-refractivity contribution in [1.29, 1.82) is 10.5 Å². The predicted octanol–water partition coefficient (Wildman–Crippen LogP) is 4.40. The first kappa shape index (κ1) is 15.3. The third-order valence-corrected chi connectivity index (χ3v) is 3.24. The van der Waals surface area contributed by atoms with Gasteiger partial charge in [-0.1, -0.05) is 26.2 Å². The van der Waals surface area contributed by atoms with Crippen LogP contribution in [-0.2, 0) is 0 Å². The van der Waals surface area contributed by atoms with Gasteiger partial charge in [0, 0.05) is 12.3 Å².